The normalized spacial score (nSPS) is 12.2. The van der Waals surface area contributed by atoms with Crippen LogP contribution in [0.15, 0.2) is 18.2 Å². The molecule has 0 aliphatic carbocycles. The molecule has 0 N–H and O–H groups in total. The zero-order valence-corrected chi connectivity index (χ0v) is 10.9. The van der Waals surface area contributed by atoms with Crippen molar-refractivity contribution in [3.63, 3.8) is 0 Å². The number of rotatable bonds is 4. The highest BCUT2D eigenvalue weighted by molar-refractivity contribution is 5.99. The molecule has 1 unspecified atom stereocenters. The molecule has 0 aromatic heterocycles. The van der Waals surface area contributed by atoms with Crippen LogP contribution in [-0.2, 0) is 0 Å². The van der Waals surface area contributed by atoms with Crippen molar-refractivity contribution in [3.05, 3.63) is 34.9 Å². The summed E-state index contributed by atoms with van der Waals surface area (Å²) in [5, 5.41) is 9.07. The lowest BCUT2D eigenvalue weighted by Gasteiger charge is -2.11. The van der Waals surface area contributed by atoms with Gasteiger partial charge in [0.25, 0.3) is 0 Å². The van der Waals surface area contributed by atoms with Gasteiger partial charge in [0.2, 0.25) is 0 Å². The van der Waals surface area contributed by atoms with Crippen molar-refractivity contribution in [1.82, 2.24) is 0 Å². The molecule has 1 rings (SSSR count). The van der Waals surface area contributed by atoms with Gasteiger partial charge in [0, 0.05) is 5.56 Å². The summed E-state index contributed by atoms with van der Waals surface area (Å²) < 4.78 is 0. The van der Waals surface area contributed by atoms with Crippen LogP contribution in [0.5, 0.6) is 0 Å². The van der Waals surface area contributed by atoms with Gasteiger partial charge in [0.15, 0.2) is 5.78 Å². The van der Waals surface area contributed by atoms with E-state index in [2.05, 4.69) is 6.07 Å². The number of hydrogen-bond donors (Lipinski definition) is 0. The number of carbonyl (C=O) groups excluding carboxylic acids is 1. The fourth-order valence-corrected chi connectivity index (χ4v) is 2.01. The molecule has 0 aliphatic heterocycles. The van der Waals surface area contributed by atoms with Crippen LogP contribution in [0, 0.1) is 37.0 Å². The molecule has 0 amide bonds. The summed E-state index contributed by atoms with van der Waals surface area (Å²) >= 11 is 0. The number of hydrogen-bond acceptors (Lipinski definition) is 2. The van der Waals surface area contributed by atoms with E-state index in [-0.39, 0.29) is 5.78 Å². The molecule has 0 radical (unpaired) electrons. The average Bonchev–Trinajstić information content (AvgIpc) is 2.23. The molecule has 1 atom stereocenters. The quantitative estimate of drug-likeness (QED) is 0.739. The maximum atomic E-state index is 12.2. The fraction of sp³-hybridized carbons (Fsp3) is 0.467. The zero-order valence-electron chi connectivity index (χ0n) is 10.9. The molecule has 1 aromatic carbocycles. The number of ketones is 1. The Hall–Kier alpha value is -1.62. The first kappa shape index (κ1) is 13.4. The predicted octanol–water partition coefficient (Wildman–Crippen LogP) is 3.67. The molecular weight excluding hydrogens is 210 g/mol. The second-order valence-electron chi connectivity index (χ2n) is 5.05. The van der Waals surface area contributed by atoms with Crippen LogP contribution < -0.4 is 0 Å². The Labute approximate surface area is 103 Å². The number of benzene rings is 1. The van der Waals surface area contributed by atoms with Gasteiger partial charge in [-0.2, -0.15) is 5.26 Å². The van der Waals surface area contributed by atoms with E-state index in [1.807, 2.05) is 45.9 Å². The SMILES string of the molecule is Cc1cc(C)cc(C(=O)C(C#N)CC(C)C)c1. The number of carbonyl (C=O) groups is 1. The lowest BCUT2D eigenvalue weighted by molar-refractivity contribution is 0.0936. The van der Waals surface area contributed by atoms with Crippen molar-refractivity contribution in [2.24, 2.45) is 11.8 Å². The van der Waals surface area contributed by atoms with E-state index < -0.39 is 5.92 Å². The molecule has 90 valence electrons. The summed E-state index contributed by atoms with van der Waals surface area (Å²) in [6.45, 7) is 7.99. The Morgan fingerprint density at radius 1 is 1.24 bits per heavy atom. The van der Waals surface area contributed by atoms with Gasteiger partial charge in [0.05, 0.1) is 6.07 Å². The van der Waals surface area contributed by atoms with E-state index in [4.69, 9.17) is 5.26 Å². The third kappa shape index (κ3) is 3.71. The third-order valence-corrected chi connectivity index (χ3v) is 2.69. The van der Waals surface area contributed by atoms with Crippen molar-refractivity contribution >= 4 is 5.78 Å². The van der Waals surface area contributed by atoms with Gasteiger partial charge >= 0.3 is 0 Å². The first-order valence-corrected chi connectivity index (χ1v) is 5.96. The first-order chi connectivity index (χ1) is 7.93. The lowest BCUT2D eigenvalue weighted by atomic mass is 9.90. The van der Waals surface area contributed by atoms with Gasteiger partial charge in [-0.05, 0) is 38.3 Å². The Bertz CT molecular complexity index is 434. The predicted molar refractivity (Wildman–Crippen MR) is 68.8 cm³/mol. The first-order valence-electron chi connectivity index (χ1n) is 5.96. The highest BCUT2D eigenvalue weighted by atomic mass is 16.1. The lowest BCUT2D eigenvalue weighted by Crippen LogP contribution is -2.15. The van der Waals surface area contributed by atoms with Crippen LogP contribution in [0.4, 0.5) is 0 Å². The fourth-order valence-electron chi connectivity index (χ4n) is 2.01. The second kappa shape index (κ2) is 5.63. The molecular formula is C15H19NO. The van der Waals surface area contributed by atoms with Crippen molar-refractivity contribution < 1.29 is 4.79 Å². The van der Waals surface area contributed by atoms with Crippen molar-refractivity contribution in [2.75, 3.05) is 0 Å². The molecule has 0 bridgehead atoms. The minimum atomic E-state index is -0.517. The standard InChI is InChI=1S/C15H19NO/c1-10(2)5-14(9-16)15(17)13-7-11(3)6-12(4)8-13/h6-8,10,14H,5H2,1-4H3. The molecule has 0 spiro atoms. The van der Waals surface area contributed by atoms with Crippen LogP contribution >= 0.6 is 0 Å². The Balaban J connectivity index is 2.98. The van der Waals surface area contributed by atoms with E-state index in [1.54, 1.807) is 0 Å². The minimum absolute atomic E-state index is 0.0481. The third-order valence-electron chi connectivity index (χ3n) is 2.69. The number of aryl methyl sites for hydroxylation is 2. The Morgan fingerprint density at radius 2 is 1.76 bits per heavy atom. The van der Waals surface area contributed by atoms with Gasteiger partial charge in [-0.3, -0.25) is 4.79 Å². The highest BCUT2D eigenvalue weighted by Gasteiger charge is 2.21. The van der Waals surface area contributed by atoms with Crippen molar-refractivity contribution in [3.8, 4) is 6.07 Å². The molecule has 0 saturated carbocycles. The van der Waals surface area contributed by atoms with Crippen molar-refractivity contribution in [2.45, 2.75) is 34.1 Å². The van der Waals surface area contributed by atoms with E-state index >= 15 is 0 Å². The molecule has 0 aliphatic rings. The van der Waals surface area contributed by atoms with E-state index in [0.717, 1.165) is 11.1 Å². The van der Waals surface area contributed by atoms with Crippen LogP contribution in [0.25, 0.3) is 0 Å². The van der Waals surface area contributed by atoms with Gasteiger partial charge < -0.3 is 0 Å². The number of nitrogens with zero attached hydrogens (tertiary/aromatic N) is 1. The summed E-state index contributed by atoms with van der Waals surface area (Å²) in [4.78, 5) is 12.2. The molecule has 0 heterocycles. The molecule has 17 heavy (non-hydrogen) atoms. The Kier molecular flexibility index (Phi) is 4.45. The Morgan fingerprint density at radius 3 is 2.18 bits per heavy atom. The van der Waals surface area contributed by atoms with E-state index in [9.17, 15) is 4.79 Å². The highest BCUT2D eigenvalue weighted by Crippen LogP contribution is 2.18. The maximum Gasteiger partial charge on any atom is 0.180 e. The van der Waals surface area contributed by atoms with Crippen LogP contribution in [0.3, 0.4) is 0 Å². The van der Waals surface area contributed by atoms with Crippen molar-refractivity contribution in [1.29, 1.82) is 5.26 Å². The molecule has 0 fully saturated rings. The number of Topliss-reactive ketones (excluding diaryl/α,β-unsaturated/α-hetero) is 1. The molecule has 0 saturated heterocycles. The van der Waals surface area contributed by atoms with E-state index in [0.29, 0.717) is 17.9 Å². The topological polar surface area (TPSA) is 40.9 Å². The zero-order chi connectivity index (χ0) is 13.0. The van der Waals surface area contributed by atoms with Gasteiger partial charge in [0.1, 0.15) is 5.92 Å². The van der Waals surface area contributed by atoms with Gasteiger partial charge in [-0.1, -0.05) is 31.0 Å². The minimum Gasteiger partial charge on any atom is -0.293 e. The van der Waals surface area contributed by atoms with Gasteiger partial charge in [-0.15, -0.1) is 0 Å². The van der Waals surface area contributed by atoms with Gasteiger partial charge in [-0.25, -0.2) is 0 Å². The monoisotopic (exact) mass is 229 g/mol. The smallest absolute Gasteiger partial charge is 0.180 e. The summed E-state index contributed by atoms with van der Waals surface area (Å²) in [7, 11) is 0. The molecule has 1 aromatic rings. The summed E-state index contributed by atoms with van der Waals surface area (Å²) in [6, 6.07) is 7.87. The largest absolute Gasteiger partial charge is 0.293 e. The van der Waals surface area contributed by atoms with Crippen LogP contribution in [-0.4, -0.2) is 5.78 Å². The van der Waals surface area contributed by atoms with E-state index in [1.165, 1.54) is 0 Å². The summed E-state index contributed by atoms with van der Waals surface area (Å²) in [6.07, 6.45) is 0.627. The molecule has 2 heteroatoms. The number of nitriles is 1. The average molecular weight is 229 g/mol. The maximum absolute atomic E-state index is 12.2. The summed E-state index contributed by atoms with van der Waals surface area (Å²) in [5.41, 5.74) is 2.79. The summed E-state index contributed by atoms with van der Waals surface area (Å²) in [5.74, 6) is -0.210. The molecule has 2 nitrogen and oxygen atoms in total. The second-order valence-corrected chi connectivity index (χ2v) is 5.05. The van der Waals surface area contributed by atoms with Crippen LogP contribution in [0.2, 0.25) is 0 Å². The van der Waals surface area contributed by atoms with Crippen LogP contribution in [0.1, 0.15) is 41.8 Å².